The molecule has 1 aliphatic heterocycles. The molecule has 2 aromatic rings. The second-order valence-corrected chi connectivity index (χ2v) is 10.2. The number of benzene rings is 2. The molecule has 8 heteroatoms. The number of hydrogen-bond donors (Lipinski definition) is 1. The van der Waals surface area contributed by atoms with Crippen molar-refractivity contribution in [1.82, 2.24) is 14.5 Å². The van der Waals surface area contributed by atoms with Crippen LogP contribution in [0.15, 0.2) is 72.1 Å². The number of nitrogens with one attached hydrogen (secondary N) is 1. The molecule has 1 aliphatic rings. The minimum atomic E-state index is -3.74. The van der Waals surface area contributed by atoms with Crippen LogP contribution in [0.25, 0.3) is 0 Å². The fourth-order valence-corrected chi connectivity index (χ4v) is 5.41. The third kappa shape index (κ3) is 6.52. The average molecular weight is 470 g/mol. The first-order valence-electron chi connectivity index (χ1n) is 11.1. The average Bonchev–Trinajstić information content (AvgIpc) is 3.08. The first kappa shape index (κ1) is 24.7. The Labute approximate surface area is 196 Å². The lowest BCUT2D eigenvalue weighted by Crippen LogP contribution is -2.44. The predicted molar refractivity (Wildman–Crippen MR) is 128 cm³/mol. The van der Waals surface area contributed by atoms with Gasteiger partial charge in [-0.3, -0.25) is 9.59 Å². The molecule has 1 N–H and O–H groups in total. The Morgan fingerprint density at radius 2 is 1.82 bits per heavy atom. The van der Waals surface area contributed by atoms with Crippen LogP contribution in [0.5, 0.6) is 0 Å². The summed E-state index contributed by atoms with van der Waals surface area (Å²) in [4.78, 5) is 26.2. The molecule has 1 unspecified atom stereocenters. The second-order valence-electron chi connectivity index (χ2n) is 8.26. The number of carbonyl (C=O) groups excluding carboxylic acids is 2. The van der Waals surface area contributed by atoms with E-state index in [-0.39, 0.29) is 29.3 Å². The van der Waals surface area contributed by atoms with Gasteiger partial charge < -0.3 is 10.2 Å². The van der Waals surface area contributed by atoms with Gasteiger partial charge in [0.05, 0.1) is 4.90 Å². The Hall–Kier alpha value is -2.97. The third-order valence-corrected chi connectivity index (χ3v) is 7.71. The van der Waals surface area contributed by atoms with Crippen molar-refractivity contribution in [1.29, 1.82) is 0 Å². The van der Waals surface area contributed by atoms with Crippen LogP contribution in [-0.4, -0.2) is 62.2 Å². The van der Waals surface area contributed by atoms with E-state index < -0.39 is 10.0 Å². The largest absolute Gasteiger partial charge is 0.349 e. The number of nitrogens with zero attached hydrogens (tertiary/aromatic N) is 2. The summed E-state index contributed by atoms with van der Waals surface area (Å²) in [5, 5.41) is 2.81. The SMILES string of the molecule is C=CC(=O)NC1CCCCN(S(=O)(=O)c2ccc(C(=O)N(C)CCc3ccccc3)cc2)C1. The maximum absolute atomic E-state index is 13.2. The molecule has 1 fully saturated rings. The zero-order chi connectivity index (χ0) is 23.8. The molecule has 0 aliphatic carbocycles. The Morgan fingerprint density at radius 1 is 1.12 bits per heavy atom. The summed E-state index contributed by atoms with van der Waals surface area (Å²) in [5.41, 5.74) is 1.59. The van der Waals surface area contributed by atoms with Gasteiger partial charge in [-0.15, -0.1) is 0 Å². The third-order valence-electron chi connectivity index (χ3n) is 5.83. The van der Waals surface area contributed by atoms with E-state index in [9.17, 15) is 18.0 Å². The molecule has 2 amide bonds. The molecule has 0 radical (unpaired) electrons. The molecule has 1 heterocycles. The van der Waals surface area contributed by atoms with Crippen LogP contribution < -0.4 is 5.32 Å². The highest BCUT2D eigenvalue weighted by molar-refractivity contribution is 7.89. The summed E-state index contributed by atoms with van der Waals surface area (Å²) in [6, 6.07) is 15.8. The summed E-state index contributed by atoms with van der Waals surface area (Å²) >= 11 is 0. The van der Waals surface area contributed by atoms with E-state index in [1.807, 2.05) is 30.3 Å². The van der Waals surface area contributed by atoms with Crippen molar-refractivity contribution in [3.8, 4) is 0 Å². The van der Waals surface area contributed by atoms with Gasteiger partial charge in [-0.1, -0.05) is 43.3 Å². The normalized spacial score (nSPS) is 17.1. The van der Waals surface area contributed by atoms with Gasteiger partial charge in [-0.2, -0.15) is 4.31 Å². The molecule has 1 saturated heterocycles. The van der Waals surface area contributed by atoms with Gasteiger partial charge in [-0.05, 0) is 55.2 Å². The minimum absolute atomic E-state index is 0.140. The lowest BCUT2D eigenvalue weighted by atomic mass is 10.1. The van der Waals surface area contributed by atoms with Crippen LogP contribution >= 0.6 is 0 Å². The summed E-state index contributed by atoms with van der Waals surface area (Å²) < 4.78 is 27.8. The quantitative estimate of drug-likeness (QED) is 0.603. The van der Waals surface area contributed by atoms with Crippen LogP contribution in [0.4, 0.5) is 0 Å². The lowest BCUT2D eigenvalue weighted by molar-refractivity contribution is -0.117. The van der Waals surface area contributed by atoms with E-state index in [1.165, 1.54) is 22.5 Å². The number of hydrogen-bond acceptors (Lipinski definition) is 4. The number of likely N-dealkylation sites (N-methyl/N-ethyl adjacent to an activating group) is 1. The van der Waals surface area contributed by atoms with Gasteiger partial charge in [0, 0.05) is 38.3 Å². The topological polar surface area (TPSA) is 86.8 Å². The van der Waals surface area contributed by atoms with Gasteiger partial charge in [0.1, 0.15) is 0 Å². The molecule has 1 atom stereocenters. The Morgan fingerprint density at radius 3 is 2.48 bits per heavy atom. The van der Waals surface area contributed by atoms with E-state index in [0.29, 0.717) is 25.1 Å². The fraction of sp³-hybridized carbons (Fsp3) is 0.360. The first-order valence-corrected chi connectivity index (χ1v) is 12.6. The standard InChI is InChI=1S/C25H31N3O4S/c1-3-24(29)26-22-11-7-8-17-28(19-22)33(31,32)23-14-12-21(13-15-23)25(30)27(2)18-16-20-9-5-4-6-10-20/h3-6,9-10,12-15,22H,1,7-8,11,16-19H2,2H3,(H,26,29). The lowest BCUT2D eigenvalue weighted by Gasteiger charge is -2.24. The highest BCUT2D eigenvalue weighted by atomic mass is 32.2. The maximum Gasteiger partial charge on any atom is 0.253 e. The molecule has 0 aromatic heterocycles. The molecule has 0 spiro atoms. The van der Waals surface area contributed by atoms with Crippen molar-refractivity contribution in [3.05, 3.63) is 78.4 Å². The molecule has 0 bridgehead atoms. The van der Waals surface area contributed by atoms with Gasteiger partial charge >= 0.3 is 0 Å². The van der Waals surface area contributed by atoms with Gasteiger partial charge in [-0.25, -0.2) is 8.42 Å². The molecule has 33 heavy (non-hydrogen) atoms. The molecule has 7 nitrogen and oxygen atoms in total. The summed E-state index contributed by atoms with van der Waals surface area (Å²) in [6.07, 6.45) is 4.21. The molecule has 0 saturated carbocycles. The van der Waals surface area contributed by atoms with Crippen LogP contribution in [0.3, 0.4) is 0 Å². The van der Waals surface area contributed by atoms with Gasteiger partial charge in [0.2, 0.25) is 15.9 Å². The van der Waals surface area contributed by atoms with Crippen molar-refractivity contribution < 1.29 is 18.0 Å². The summed E-state index contributed by atoms with van der Waals surface area (Å²) in [5.74, 6) is -0.463. The molecular weight excluding hydrogens is 438 g/mol. The van der Waals surface area contributed by atoms with Gasteiger partial charge in [0.15, 0.2) is 0 Å². The Bertz CT molecular complexity index is 1070. The summed E-state index contributed by atoms with van der Waals surface area (Å²) in [7, 11) is -2.00. The van der Waals surface area contributed by atoms with Crippen molar-refractivity contribution in [3.63, 3.8) is 0 Å². The van der Waals surface area contributed by atoms with Crippen LogP contribution in [0, 0.1) is 0 Å². The van der Waals surface area contributed by atoms with E-state index in [0.717, 1.165) is 24.8 Å². The molecular formula is C25H31N3O4S. The van der Waals surface area contributed by atoms with E-state index in [2.05, 4.69) is 11.9 Å². The highest BCUT2D eigenvalue weighted by Crippen LogP contribution is 2.21. The van der Waals surface area contributed by atoms with E-state index in [4.69, 9.17) is 0 Å². The van der Waals surface area contributed by atoms with Crippen molar-refractivity contribution in [2.24, 2.45) is 0 Å². The van der Waals surface area contributed by atoms with Crippen molar-refractivity contribution >= 4 is 21.8 Å². The smallest absolute Gasteiger partial charge is 0.253 e. The number of carbonyl (C=O) groups is 2. The molecule has 2 aromatic carbocycles. The maximum atomic E-state index is 13.2. The zero-order valence-electron chi connectivity index (χ0n) is 18.9. The summed E-state index contributed by atoms with van der Waals surface area (Å²) in [6.45, 7) is 4.62. The predicted octanol–water partition coefficient (Wildman–Crippen LogP) is 2.85. The molecule has 3 rings (SSSR count). The van der Waals surface area contributed by atoms with Crippen LogP contribution in [-0.2, 0) is 21.2 Å². The van der Waals surface area contributed by atoms with Crippen LogP contribution in [0.2, 0.25) is 0 Å². The number of sulfonamides is 1. The molecule has 176 valence electrons. The Balaban J connectivity index is 1.66. The fourth-order valence-electron chi connectivity index (χ4n) is 3.89. The van der Waals surface area contributed by atoms with Gasteiger partial charge in [0.25, 0.3) is 5.91 Å². The van der Waals surface area contributed by atoms with Crippen LogP contribution in [0.1, 0.15) is 35.2 Å². The zero-order valence-corrected chi connectivity index (χ0v) is 19.8. The van der Waals surface area contributed by atoms with E-state index in [1.54, 1.807) is 24.1 Å². The van der Waals surface area contributed by atoms with E-state index >= 15 is 0 Å². The first-order chi connectivity index (χ1) is 15.8. The number of rotatable bonds is 8. The second kappa shape index (κ2) is 11.2. The number of amides is 2. The Kier molecular flexibility index (Phi) is 8.41. The minimum Gasteiger partial charge on any atom is -0.349 e. The monoisotopic (exact) mass is 469 g/mol. The highest BCUT2D eigenvalue weighted by Gasteiger charge is 2.29. The van der Waals surface area contributed by atoms with Crippen molar-refractivity contribution in [2.45, 2.75) is 36.6 Å². The van der Waals surface area contributed by atoms with Crippen molar-refractivity contribution in [2.75, 3.05) is 26.7 Å².